The molecule has 2 aromatic rings. The first kappa shape index (κ1) is 23.7. The summed E-state index contributed by atoms with van der Waals surface area (Å²) in [5.74, 6) is -0.595. The van der Waals surface area contributed by atoms with Crippen molar-refractivity contribution >= 4 is 17.7 Å². The van der Waals surface area contributed by atoms with Gasteiger partial charge in [0, 0.05) is 11.1 Å². The van der Waals surface area contributed by atoms with E-state index in [0.717, 1.165) is 16.7 Å². The monoisotopic (exact) mass is 429 g/mol. The van der Waals surface area contributed by atoms with Gasteiger partial charge in [0.05, 0.1) is 21.3 Å². The Hall–Kier alpha value is -3.55. The van der Waals surface area contributed by atoms with Crippen LogP contribution in [-0.2, 0) is 9.53 Å². The number of carbonyl (C=O) groups excluding carboxylic acids is 3. The molecule has 31 heavy (non-hydrogen) atoms. The van der Waals surface area contributed by atoms with Crippen LogP contribution in [0.5, 0.6) is 17.2 Å². The molecular formula is C23H27NO7. The van der Waals surface area contributed by atoms with E-state index in [1.807, 2.05) is 26.8 Å². The number of ether oxygens (including phenoxy) is 4. The zero-order valence-electron chi connectivity index (χ0n) is 18.6. The molecule has 0 aliphatic rings. The van der Waals surface area contributed by atoms with Gasteiger partial charge in [0.25, 0.3) is 5.91 Å². The molecule has 0 bridgehead atoms. The minimum Gasteiger partial charge on any atom is -0.493 e. The summed E-state index contributed by atoms with van der Waals surface area (Å²) in [5, 5.41) is 2.45. The second kappa shape index (κ2) is 10.5. The standard InChI is InChI=1S/C23H27NO7/c1-13-7-15(3)17(8-14(13)2)18(25)12-31-21(26)11-24-23(27)16-9-19(28-4)22(30-6)20(10-16)29-5/h7-10H,11-12H2,1-6H3,(H,24,27). The van der Waals surface area contributed by atoms with Crippen LogP contribution in [0.4, 0.5) is 0 Å². The number of rotatable bonds is 9. The summed E-state index contributed by atoms with van der Waals surface area (Å²) in [4.78, 5) is 36.8. The number of methoxy groups -OCH3 is 3. The van der Waals surface area contributed by atoms with Crippen molar-refractivity contribution in [1.82, 2.24) is 5.32 Å². The lowest BCUT2D eigenvalue weighted by molar-refractivity contribution is -0.141. The fourth-order valence-electron chi connectivity index (χ4n) is 3.00. The Morgan fingerprint density at radius 3 is 1.94 bits per heavy atom. The van der Waals surface area contributed by atoms with Crippen molar-refractivity contribution in [3.63, 3.8) is 0 Å². The maximum absolute atomic E-state index is 12.4. The predicted octanol–water partition coefficient (Wildman–Crippen LogP) is 2.79. The molecule has 166 valence electrons. The Bertz CT molecular complexity index is 973. The molecule has 0 spiro atoms. The largest absolute Gasteiger partial charge is 0.493 e. The van der Waals surface area contributed by atoms with Gasteiger partial charge in [0.15, 0.2) is 18.1 Å². The Morgan fingerprint density at radius 1 is 0.806 bits per heavy atom. The lowest BCUT2D eigenvalue weighted by Gasteiger charge is -2.14. The predicted molar refractivity (Wildman–Crippen MR) is 114 cm³/mol. The lowest BCUT2D eigenvalue weighted by atomic mass is 9.98. The van der Waals surface area contributed by atoms with E-state index in [4.69, 9.17) is 18.9 Å². The average molecular weight is 429 g/mol. The highest BCUT2D eigenvalue weighted by Gasteiger charge is 2.18. The fourth-order valence-corrected chi connectivity index (χ4v) is 3.00. The summed E-state index contributed by atoms with van der Waals surface area (Å²) >= 11 is 0. The quantitative estimate of drug-likeness (QED) is 0.483. The minimum atomic E-state index is -0.726. The summed E-state index contributed by atoms with van der Waals surface area (Å²) in [6.45, 7) is 4.92. The number of hydrogen-bond donors (Lipinski definition) is 1. The summed E-state index contributed by atoms with van der Waals surface area (Å²) in [6.07, 6.45) is 0. The van der Waals surface area contributed by atoms with Gasteiger partial charge in [-0.3, -0.25) is 14.4 Å². The van der Waals surface area contributed by atoms with Crippen molar-refractivity contribution in [2.75, 3.05) is 34.5 Å². The summed E-state index contributed by atoms with van der Waals surface area (Å²) < 4.78 is 20.7. The van der Waals surface area contributed by atoms with Gasteiger partial charge in [0.2, 0.25) is 11.5 Å². The number of nitrogens with one attached hydrogen (secondary N) is 1. The molecule has 0 heterocycles. The number of carbonyl (C=O) groups is 3. The molecule has 8 heteroatoms. The number of esters is 1. The normalized spacial score (nSPS) is 10.3. The second-order valence-electron chi connectivity index (χ2n) is 6.93. The van der Waals surface area contributed by atoms with E-state index in [1.165, 1.54) is 33.5 Å². The Morgan fingerprint density at radius 2 is 1.39 bits per heavy atom. The van der Waals surface area contributed by atoms with E-state index in [2.05, 4.69) is 5.32 Å². The highest BCUT2D eigenvalue weighted by atomic mass is 16.5. The van der Waals surface area contributed by atoms with E-state index in [9.17, 15) is 14.4 Å². The van der Waals surface area contributed by atoms with Crippen molar-refractivity contribution in [1.29, 1.82) is 0 Å². The molecule has 0 saturated carbocycles. The average Bonchev–Trinajstić information content (AvgIpc) is 2.76. The van der Waals surface area contributed by atoms with E-state index in [1.54, 1.807) is 6.07 Å². The van der Waals surface area contributed by atoms with Crippen LogP contribution in [0.15, 0.2) is 24.3 Å². The molecule has 0 atom stereocenters. The van der Waals surface area contributed by atoms with E-state index >= 15 is 0 Å². The number of Topliss-reactive ketones (excluding diaryl/α,β-unsaturated/α-hetero) is 1. The van der Waals surface area contributed by atoms with Crippen LogP contribution in [-0.4, -0.2) is 52.1 Å². The third-order valence-corrected chi connectivity index (χ3v) is 4.83. The molecule has 0 fully saturated rings. The van der Waals surface area contributed by atoms with Gasteiger partial charge in [-0.2, -0.15) is 0 Å². The Balaban J connectivity index is 1.96. The summed E-state index contributed by atoms with van der Waals surface area (Å²) in [6, 6.07) is 6.64. The van der Waals surface area contributed by atoms with Gasteiger partial charge < -0.3 is 24.3 Å². The Labute approximate surface area is 181 Å². The molecule has 1 amide bonds. The first-order valence-corrected chi connectivity index (χ1v) is 9.56. The molecule has 2 rings (SSSR count). The van der Waals surface area contributed by atoms with Crippen LogP contribution in [0.1, 0.15) is 37.4 Å². The molecule has 8 nitrogen and oxygen atoms in total. The first-order valence-electron chi connectivity index (χ1n) is 9.56. The maximum Gasteiger partial charge on any atom is 0.325 e. The minimum absolute atomic E-state index is 0.212. The number of aryl methyl sites for hydroxylation is 3. The first-order chi connectivity index (χ1) is 14.7. The van der Waals surface area contributed by atoms with E-state index in [0.29, 0.717) is 22.8 Å². The third-order valence-electron chi connectivity index (χ3n) is 4.83. The molecule has 0 aliphatic heterocycles. The fraction of sp³-hybridized carbons (Fsp3) is 0.348. The smallest absolute Gasteiger partial charge is 0.325 e. The van der Waals surface area contributed by atoms with Crippen LogP contribution >= 0.6 is 0 Å². The summed E-state index contributed by atoms with van der Waals surface area (Å²) in [5.41, 5.74) is 3.61. The number of benzene rings is 2. The maximum atomic E-state index is 12.4. The lowest BCUT2D eigenvalue weighted by Crippen LogP contribution is -2.31. The zero-order valence-corrected chi connectivity index (χ0v) is 18.6. The summed E-state index contributed by atoms with van der Waals surface area (Å²) in [7, 11) is 4.33. The van der Waals surface area contributed by atoms with Crippen molar-refractivity contribution in [2.45, 2.75) is 20.8 Å². The highest BCUT2D eigenvalue weighted by Crippen LogP contribution is 2.38. The van der Waals surface area contributed by atoms with Crippen LogP contribution < -0.4 is 19.5 Å². The van der Waals surface area contributed by atoms with Gasteiger partial charge in [-0.25, -0.2) is 0 Å². The third kappa shape index (κ3) is 5.75. The molecule has 1 N–H and O–H groups in total. The van der Waals surface area contributed by atoms with E-state index in [-0.39, 0.29) is 11.3 Å². The number of amides is 1. The number of ketones is 1. The zero-order chi connectivity index (χ0) is 23.1. The van der Waals surface area contributed by atoms with Crippen molar-refractivity contribution in [3.8, 4) is 17.2 Å². The topological polar surface area (TPSA) is 100 Å². The molecule has 0 aliphatic carbocycles. The molecule has 0 aromatic heterocycles. The highest BCUT2D eigenvalue weighted by molar-refractivity contribution is 6.00. The van der Waals surface area contributed by atoms with Gasteiger partial charge in [-0.05, 0) is 55.7 Å². The molecule has 0 saturated heterocycles. The van der Waals surface area contributed by atoms with Crippen LogP contribution in [0.2, 0.25) is 0 Å². The van der Waals surface area contributed by atoms with Crippen molar-refractivity contribution < 1.29 is 33.3 Å². The van der Waals surface area contributed by atoms with Crippen LogP contribution in [0.3, 0.4) is 0 Å². The Kier molecular flexibility index (Phi) is 8.01. The SMILES string of the molecule is COc1cc(C(=O)NCC(=O)OCC(=O)c2cc(C)c(C)cc2C)cc(OC)c1OC. The van der Waals surface area contributed by atoms with Crippen LogP contribution in [0, 0.1) is 20.8 Å². The van der Waals surface area contributed by atoms with Gasteiger partial charge in [-0.1, -0.05) is 6.07 Å². The van der Waals surface area contributed by atoms with E-state index < -0.39 is 25.0 Å². The van der Waals surface area contributed by atoms with Crippen molar-refractivity contribution in [3.05, 3.63) is 52.1 Å². The molecule has 0 unspecified atom stereocenters. The number of hydrogen-bond acceptors (Lipinski definition) is 7. The molecule has 2 aromatic carbocycles. The second-order valence-corrected chi connectivity index (χ2v) is 6.93. The van der Waals surface area contributed by atoms with Crippen LogP contribution in [0.25, 0.3) is 0 Å². The van der Waals surface area contributed by atoms with Gasteiger partial charge in [0.1, 0.15) is 6.54 Å². The van der Waals surface area contributed by atoms with Crippen molar-refractivity contribution in [2.24, 2.45) is 0 Å². The molecule has 0 radical (unpaired) electrons. The molecular weight excluding hydrogens is 402 g/mol. The van der Waals surface area contributed by atoms with Gasteiger partial charge in [-0.15, -0.1) is 0 Å². The van der Waals surface area contributed by atoms with Gasteiger partial charge >= 0.3 is 5.97 Å².